The second-order valence-electron chi connectivity index (χ2n) is 4.93. The average Bonchev–Trinajstić information content (AvgIpc) is 3.00. The number of halogens is 1. The Hall–Kier alpha value is -2.62. The van der Waals surface area contributed by atoms with Crippen molar-refractivity contribution in [3.63, 3.8) is 0 Å². The summed E-state index contributed by atoms with van der Waals surface area (Å²) in [6.45, 7) is 0. The number of nitrogens with one attached hydrogen (secondary N) is 2. The minimum atomic E-state index is -0.276. The van der Waals surface area contributed by atoms with Crippen LogP contribution in [0.2, 0.25) is 0 Å². The van der Waals surface area contributed by atoms with Gasteiger partial charge in [0.2, 0.25) is 0 Å². The number of fused-ring (bicyclic) bond motifs is 2. The number of hydrogen-bond donors (Lipinski definition) is 2. The van der Waals surface area contributed by atoms with Crippen LogP contribution < -0.4 is 5.32 Å². The van der Waals surface area contributed by atoms with Gasteiger partial charge in [0, 0.05) is 28.2 Å². The Balaban J connectivity index is 1.91. The van der Waals surface area contributed by atoms with Gasteiger partial charge >= 0.3 is 0 Å². The normalized spacial score (nSPS) is 17.2. The van der Waals surface area contributed by atoms with E-state index in [0.717, 1.165) is 22.0 Å². The highest BCUT2D eigenvalue weighted by Crippen LogP contribution is 2.34. The van der Waals surface area contributed by atoms with Crippen molar-refractivity contribution in [1.82, 2.24) is 10.3 Å². The van der Waals surface area contributed by atoms with Gasteiger partial charge in [0.1, 0.15) is 5.82 Å². The molecule has 4 heteroatoms. The van der Waals surface area contributed by atoms with Gasteiger partial charge in [-0.2, -0.15) is 0 Å². The Bertz CT molecular complexity index is 837. The van der Waals surface area contributed by atoms with E-state index in [2.05, 4.69) is 10.3 Å². The molecule has 20 heavy (non-hydrogen) atoms. The van der Waals surface area contributed by atoms with E-state index in [-0.39, 0.29) is 17.8 Å². The van der Waals surface area contributed by atoms with Crippen molar-refractivity contribution in [3.8, 4) is 0 Å². The minimum absolute atomic E-state index is 0.0675. The molecule has 0 saturated heterocycles. The van der Waals surface area contributed by atoms with Gasteiger partial charge in [-0.25, -0.2) is 4.39 Å². The van der Waals surface area contributed by atoms with Crippen LogP contribution in [0.3, 0.4) is 0 Å². The zero-order valence-electron chi connectivity index (χ0n) is 10.5. The molecule has 0 spiro atoms. The Morgan fingerprint density at radius 3 is 2.80 bits per heavy atom. The molecule has 3 nitrogen and oxygen atoms in total. The second kappa shape index (κ2) is 3.93. The Labute approximate surface area is 114 Å². The van der Waals surface area contributed by atoms with Crippen LogP contribution in [0.5, 0.6) is 0 Å². The smallest absolute Gasteiger partial charge is 0.252 e. The van der Waals surface area contributed by atoms with Crippen LogP contribution in [0.4, 0.5) is 4.39 Å². The first-order valence-corrected chi connectivity index (χ1v) is 6.40. The molecule has 3 aromatic rings. The Morgan fingerprint density at radius 2 is 1.90 bits per heavy atom. The first kappa shape index (κ1) is 11.2. The van der Waals surface area contributed by atoms with E-state index in [1.54, 1.807) is 6.07 Å². The molecule has 1 aliphatic heterocycles. The minimum Gasteiger partial charge on any atom is -0.361 e. The van der Waals surface area contributed by atoms with Crippen LogP contribution in [-0.4, -0.2) is 10.9 Å². The lowest BCUT2D eigenvalue weighted by Crippen LogP contribution is -2.19. The fraction of sp³-hybridized carbons (Fsp3) is 0.0625. The Morgan fingerprint density at radius 1 is 1.05 bits per heavy atom. The number of H-pyrrole nitrogens is 1. The third kappa shape index (κ3) is 1.48. The summed E-state index contributed by atoms with van der Waals surface area (Å²) in [5.74, 6) is -0.344. The van der Waals surface area contributed by atoms with E-state index in [0.29, 0.717) is 5.56 Å². The van der Waals surface area contributed by atoms with Gasteiger partial charge in [0.25, 0.3) is 5.91 Å². The predicted octanol–water partition coefficient (Wildman–Crippen LogP) is 3.14. The molecule has 98 valence electrons. The van der Waals surface area contributed by atoms with E-state index < -0.39 is 0 Å². The van der Waals surface area contributed by atoms with Gasteiger partial charge in [-0.1, -0.05) is 18.2 Å². The maximum Gasteiger partial charge on any atom is 0.252 e. The number of rotatable bonds is 1. The van der Waals surface area contributed by atoms with Crippen molar-refractivity contribution in [2.75, 3.05) is 0 Å². The fourth-order valence-corrected chi connectivity index (χ4v) is 2.85. The Kier molecular flexibility index (Phi) is 2.21. The first-order valence-electron chi connectivity index (χ1n) is 6.40. The molecule has 0 saturated carbocycles. The predicted molar refractivity (Wildman–Crippen MR) is 74.0 cm³/mol. The first-order chi connectivity index (χ1) is 9.74. The van der Waals surface area contributed by atoms with Crippen LogP contribution in [0.1, 0.15) is 27.5 Å². The maximum atomic E-state index is 13.2. The third-order valence-corrected chi connectivity index (χ3v) is 3.78. The fourth-order valence-electron chi connectivity index (χ4n) is 2.85. The average molecular weight is 266 g/mol. The summed E-state index contributed by atoms with van der Waals surface area (Å²) >= 11 is 0. The molecule has 0 unspecified atom stereocenters. The standard InChI is InChI=1S/C16H11FN2O/c17-9-5-6-10-13(8-18-14(10)7-9)15-11-3-1-2-4-12(11)16(20)19-15/h1-8,15,18H,(H,19,20)/t15-/m1/s1. The molecule has 1 aromatic heterocycles. The third-order valence-electron chi connectivity index (χ3n) is 3.78. The summed E-state index contributed by atoms with van der Waals surface area (Å²) in [6.07, 6.45) is 1.83. The van der Waals surface area contributed by atoms with Gasteiger partial charge in [0.05, 0.1) is 6.04 Å². The van der Waals surface area contributed by atoms with Crippen molar-refractivity contribution in [3.05, 3.63) is 71.2 Å². The van der Waals surface area contributed by atoms with Gasteiger partial charge in [-0.3, -0.25) is 4.79 Å². The van der Waals surface area contributed by atoms with Crippen LogP contribution in [0, 0.1) is 5.82 Å². The zero-order chi connectivity index (χ0) is 13.7. The molecule has 0 radical (unpaired) electrons. The monoisotopic (exact) mass is 266 g/mol. The number of benzene rings is 2. The van der Waals surface area contributed by atoms with Crippen molar-refractivity contribution in [2.45, 2.75) is 6.04 Å². The van der Waals surface area contributed by atoms with Crippen LogP contribution in [0.15, 0.2) is 48.7 Å². The molecular formula is C16H11FN2O. The molecular weight excluding hydrogens is 255 g/mol. The highest BCUT2D eigenvalue weighted by molar-refractivity contribution is 6.00. The molecule has 2 aromatic carbocycles. The summed E-state index contributed by atoms with van der Waals surface area (Å²) in [7, 11) is 0. The SMILES string of the molecule is O=C1N[C@@H](c2c[nH]c3cc(F)ccc23)c2ccccc21. The van der Waals surface area contributed by atoms with E-state index in [9.17, 15) is 9.18 Å². The van der Waals surface area contributed by atoms with Crippen molar-refractivity contribution in [2.24, 2.45) is 0 Å². The van der Waals surface area contributed by atoms with E-state index in [1.165, 1.54) is 12.1 Å². The maximum absolute atomic E-state index is 13.2. The van der Waals surface area contributed by atoms with E-state index >= 15 is 0 Å². The largest absolute Gasteiger partial charge is 0.361 e. The summed E-state index contributed by atoms with van der Waals surface area (Å²) in [5.41, 5.74) is 3.36. The number of carbonyl (C=O) groups is 1. The molecule has 0 fully saturated rings. The van der Waals surface area contributed by atoms with Crippen molar-refractivity contribution in [1.29, 1.82) is 0 Å². The molecule has 0 bridgehead atoms. The summed E-state index contributed by atoms with van der Waals surface area (Å²) in [6, 6.07) is 12.0. The van der Waals surface area contributed by atoms with Crippen LogP contribution in [-0.2, 0) is 0 Å². The summed E-state index contributed by atoms with van der Waals surface area (Å²) in [4.78, 5) is 15.0. The number of hydrogen-bond acceptors (Lipinski definition) is 1. The molecule has 0 aliphatic carbocycles. The summed E-state index contributed by atoms with van der Waals surface area (Å²) < 4.78 is 13.2. The van der Waals surface area contributed by atoms with E-state index in [1.807, 2.05) is 30.5 Å². The van der Waals surface area contributed by atoms with Gasteiger partial charge in [-0.15, -0.1) is 0 Å². The van der Waals surface area contributed by atoms with Gasteiger partial charge < -0.3 is 10.3 Å². The molecule has 1 aliphatic rings. The molecule has 1 amide bonds. The van der Waals surface area contributed by atoms with Crippen LogP contribution >= 0.6 is 0 Å². The number of aromatic nitrogens is 1. The van der Waals surface area contributed by atoms with Crippen molar-refractivity contribution < 1.29 is 9.18 Å². The van der Waals surface area contributed by atoms with Gasteiger partial charge in [-0.05, 0) is 29.8 Å². The highest BCUT2D eigenvalue weighted by Gasteiger charge is 2.30. The van der Waals surface area contributed by atoms with Crippen molar-refractivity contribution >= 4 is 16.8 Å². The molecule has 4 rings (SSSR count). The zero-order valence-corrected chi connectivity index (χ0v) is 10.5. The number of carbonyl (C=O) groups excluding carboxylic acids is 1. The molecule has 1 atom stereocenters. The van der Waals surface area contributed by atoms with E-state index in [4.69, 9.17) is 0 Å². The van der Waals surface area contributed by atoms with Crippen LogP contribution in [0.25, 0.3) is 10.9 Å². The quantitative estimate of drug-likeness (QED) is 0.698. The molecule has 2 N–H and O–H groups in total. The lowest BCUT2D eigenvalue weighted by Gasteiger charge is -2.10. The highest BCUT2D eigenvalue weighted by atomic mass is 19.1. The molecule has 2 heterocycles. The number of amides is 1. The van der Waals surface area contributed by atoms with Gasteiger partial charge in [0.15, 0.2) is 0 Å². The number of aromatic amines is 1. The summed E-state index contributed by atoms with van der Waals surface area (Å²) in [5, 5.41) is 3.90. The second-order valence-corrected chi connectivity index (χ2v) is 4.93. The lowest BCUT2D eigenvalue weighted by atomic mass is 9.98. The topological polar surface area (TPSA) is 44.9 Å². The lowest BCUT2D eigenvalue weighted by molar-refractivity contribution is 0.0960.